The van der Waals surface area contributed by atoms with E-state index in [9.17, 15) is 44.7 Å². The lowest BCUT2D eigenvalue weighted by atomic mass is 9.62. The van der Waals surface area contributed by atoms with Gasteiger partial charge in [0.1, 0.15) is 17.3 Å². The fourth-order valence-electron chi connectivity index (χ4n) is 5.41. The van der Waals surface area contributed by atoms with E-state index < -0.39 is 56.2 Å². The van der Waals surface area contributed by atoms with Crippen LogP contribution in [0.3, 0.4) is 0 Å². The quantitative estimate of drug-likeness (QED) is 0.204. The Hall–Kier alpha value is -3.94. The molecule has 44 heavy (non-hydrogen) atoms. The van der Waals surface area contributed by atoms with E-state index in [1.807, 2.05) is 0 Å². The van der Waals surface area contributed by atoms with Crippen LogP contribution in [0, 0.1) is 17.2 Å². The second-order valence-corrected chi connectivity index (χ2v) is 12.7. The molecule has 3 aromatic rings. The van der Waals surface area contributed by atoms with Gasteiger partial charge in [0.25, 0.3) is 10.0 Å². The molecule has 1 fully saturated rings. The van der Waals surface area contributed by atoms with Crippen molar-refractivity contribution in [2.75, 3.05) is 18.0 Å². The SMILES string of the molecule is COc1ccc(-c2cc(F)cc(OC(F)F)c2)cc1N(CCCC1CC(C)(C(=O)O)C1)S(=O)(=O)c1cccc(C(F)(F)F)c1. The van der Waals surface area contributed by atoms with Gasteiger partial charge in [-0.1, -0.05) is 12.1 Å². The molecule has 0 amide bonds. The summed E-state index contributed by atoms with van der Waals surface area (Å²) in [6.45, 7) is -1.83. The van der Waals surface area contributed by atoms with Crippen LogP contribution in [0.4, 0.5) is 32.0 Å². The highest BCUT2D eigenvalue weighted by atomic mass is 32.2. The second-order valence-electron chi connectivity index (χ2n) is 10.8. The third-order valence-corrected chi connectivity index (χ3v) is 9.40. The third-order valence-electron chi connectivity index (χ3n) is 7.59. The van der Waals surface area contributed by atoms with Gasteiger partial charge >= 0.3 is 18.8 Å². The minimum Gasteiger partial charge on any atom is -0.495 e. The molecule has 14 heteroatoms. The molecule has 0 saturated heterocycles. The number of rotatable bonds is 12. The van der Waals surface area contributed by atoms with Crippen LogP contribution in [0.5, 0.6) is 11.5 Å². The summed E-state index contributed by atoms with van der Waals surface area (Å²) < 4.78 is 119. The number of nitrogens with zero attached hydrogens (tertiary/aromatic N) is 1. The highest BCUT2D eigenvalue weighted by Crippen LogP contribution is 2.48. The lowest BCUT2D eigenvalue weighted by molar-refractivity contribution is -0.156. The summed E-state index contributed by atoms with van der Waals surface area (Å²) in [5.41, 5.74) is -1.90. The minimum atomic E-state index is -4.82. The molecule has 0 spiro atoms. The van der Waals surface area contributed by atoms with Crippen molar-refractivity contribution in [1.82, 2.24) is 0 Å². The molecule has 3 aromatic carbocycles. The molecule has 0 bridgehead atoms. The number of anilines is 1. The average molecular weight is 646 g/mol. The zero-order valence-electron chi connectivity index (χ0n) is 23.6. The maximum Gasteiger partial charge on any atom is 0.416 e. The lowest BCUT2D eigenvalue weighted by Crippen LogP contribution is -2.41. The molecular formula is C30H29F6NO6S. The molecule has 0 radical (unpaired) electrons. The van der Waals surface area contributed by atoms with Crippen molar-refractivity contribution in [2.45, 2.75) is 50.3 Å². The largest absolute Gasteiger partial charge is 0.495 e. The van der Waals surface area contributed by atoms with Crippen molar-refractivity contribution in [1.29, 1.82) is 0 Å². The van der Waals surface area contributed by atoms with Gasteiger partial charge in [-0.25, -0.2) is 12.8 Å². The zero-order chi connectivity index (χ0) is 32.4. The van der Waals surface area contributed by atoms with E-state index >= 15 is 0 Å². The van der Waals surface area contributed by atoms with E-state index in [1.54, 1.807) is 6.92 Å². The summed E-state index contributed by atoms with van der Waals surface area (Å²) in [5.74, 6) is -2.29. The molecule has 238 valence electrons. The number of sulfonamides is 1. The Morgan fingerprint density at radius 3 is 2.39 bits per heavy atom. The van der Waals surface area contributed by atoms with E-state index in [-0.39, 0.29) is 41.4 Å². The fraction of sp³-hybridized carbons (Fsp3) is 0.367. The number of hydrogen-bond acceptors (Lipinski definition) is 5. The second kappa shape index (κ2) is 12.6. The summed E-state index contributed by atoms with van der Waals surface area (Å²) in [4.78, 5) is 10.8. The van der Waals surface area contributed by atoms with Crippen LogP contribution in [0.15, 0.2) is 65.6 Å². The monoisotopic (exact) mass is 645 g/mol. The highest BCUT2D eigenvalue weighted by Gasteiger charge is 2.46. The Kier molecular flexibility index (Phi) is 9.43. The normalized spacial score (nSPS) is 18.5. The Morgan fingerprint density at radius 2 is 1.77 bits per heavy atom. The van der Waals surface area contributed by atoms with Gasteiger partial charge in [0.05, 0.1) is 28.7 Å². The van der Waals surface area contributed by atoms with Gasteiger partial charge < -0.3 is 14.6 Å². The number of carbonyl (C=O) groups is 1. The molecule has 0 atom stereocenters. The minimum absolute atomic E-state index is 0.00277. The van der Waals surface area contributed by atoms with E-state index in [0.717, 1.165) is 40.7 Å². The van der Waals surface area contributed by atoms with Crippen LogP contribution in [-0.2, 0) is 21.0 Å². The zero-order valence-corrected chi connectivity index (χ0v) is 24.4. The van der Waals surface area contributed by atoms with E-state index in [1.165, 1.54) is 25.3 Å². The topological polar surface area (TPSA) is 93.1 Å². The number of hydrogen-bond donors (Lipinski definition) is 1. The predicted molar refractivity (Wildman–Crippen MR) is 149 cm³/mol. The standard InChI is InChI=1S/C30H29F6NO6S/c1-29(27(38)39)16-18(17-29)5-4-10-37(44(40,41)24-7-3-6-21(14-24)30(34,35)36)25-13-19(8-9-26(25)42-2)20-11-22(31)15-23(12-20)43-28(32)33/h3,6-9,11-15,18,28H,4-5,10,16-17H2,1-2H3,(H,38,39). The Morgan fingerprint density at radius 1 is 1.07 bits per heavy atom. The number of alkyl halides is 5. The van der Waals surface area contributed by atoms with Crippen LogP contribution in [0.25, 0.3) is 11.1 Å². The number of carboxylic acids is 1. The Bertz CT molecular complexity index is 1620. The van der Waals surface area contributed by atoms with Gasteiger partial charge in [0.2, 0.25) is 0 Å². The molecule has 4 rings (SSSR count). The van der Waals surface area contributed by atoms with E-state index in [2.05, 4.69) is 4.74 Å². The first kappa shape index (κ1) is 33.0. The molecule has 0 aromatic heterocycles. The van der Waals surface area contributed by atoms with Crippen molar-refractivity contribution >= 4 is 21.7 Å². The van der Waals surface area contributed by atoms with Gasteiger partial charge in [-0.3, -0.25) is 9.10 Å². The predicted octanol–water partition coefficient (Wildman–Crippen LogP) is 7.60. The molecule has 0 unspecified atom stereocenters. The molecule has 1 aliphatic rings. The number of halogens is 6. The first-order chi connectivity index (χ1) is 20.5. The molecule has 1 N–H and O–H groups in total. The summed E-state index contributed by atoms with van der Waals surface area (Å²) in [5, 5.41) is 9.39. The number of methoxy groups -OCH3 is 1. The third kappa shape index (κ3) is 7.22. The van der Waals surface area contributed by atoms with Crippen LogP contribution < -0.4 is 13.8 Å². The van der Waals surface area contributed by atoms with Gasteiger partial charge in [-0.2, -0.15) is 22.0 Å². The molecule has 1 aliphatic carbocycles. The van der Waals surface area contributed by atoms with Crippen LogP contribution >= 0.6 is 0 Å². The van der Waals surface area contributed by atoms with Gasteiger partial charge in [-0.15, -0.1) is 0 Å². The smallest absolute Gasteiger partial charge is 0.416 e. The molecule has 0 aliphatic heterocycles. The van der Waals surface area contributed by atoms with Crippen molar-refractivity contribution in [3.63, 3.8) is 0 Å². The molecule has 0 heterocycles. The Balaban J connectivity index is 1.76. The van der Waals surface area contributed by atoms with Crippen molar-refractivity contribution in [3.8, 4) is 22.6 Å². The summed E-state index contributed by atoms with van der Waals surface area (Å²) >= 11 is 0. The van der Waals surface area contributed by atoms with Gasteiger partial charge in [-0.05, 0) is 92.1 Å². The van der Waals surface area contributed by atoms with Crippen LogP contribution in [0.1, 0.15) is 38.2 Å². The first-order valence-corrected chi connectivity index (χ1v) is 14.8. The maximum atomic E-state index is 14.3. The van der Waals surface area contributed by atoms with Crippen LogP contribution in [-0.4, -0.2) is 39.8 Å². The summed E-state index contributed by atoms with van der Waals surface area (Å²) in [6, 6.07) is 10.2. The van der Waals surface area contributed by atoms with Gasteiger partial charge in [0.15, 0.2) is 0 Å². The summed E-state index contributed by atoms with van der Waals surface area (Å²) in [7, 11) is -3.41. The van der Waals surface area contributed by atoms with Gasteiger partial charge in [0, 0.05) is 12.6 Å². The average Bonchev–Trinajstić information content (AvgIpc) is 2.92. The van der Waals surface area contributed by atoms with Crippen molar-refractivity contribution < 1.29 is 54.1 Å². The highest BCUT2D eigenvalue weighted by molar-refractivity contribution is 7.92. The molecular weight excluding hydrogens is 616 g/mol. The van der Waals surface area contributed by atoms with E-state index in [4.69, 9.17) is 4.74 Å². The van der Waals surface area contributed by atoms with Crippen LogP contribution in [0.2, 0.25) is 0 Å². The van der Waals surface area contributed by atoms with Crippen molar-refractivity contribution in [2.24, 2.45) is 11.3 Å². The maximum absolute atomic E-state index is 14.3. The lowest BCUT2D eigenvalue weighted by Gasteiger charge is -2.42. The van der Waals surface area contributed by atoms with Crippen molar-refractivity contribution in [3.05, 3.63) is 72.0 Å². The number of carboxylic acid groups (broad SMARTS) is 1. The first-order valence-electron chi connectivity index (χ1n) is 13.4. The fourth-order valence-corrected chi connectivity index (χ4v) is 6.96. The number of benzene rings is 3. The summed E-state index contributed by atoms with van der Waals surface area (Å²) in [6.07, 6.45) is -3.37. The number of aliphatic carboxylic acids is 1. The number of ether oxygens (including phenoxy) is 2. The van der Waals surface area contributed by atoms with E-state index in [0.29, 0.717) is 25.3 Å². The molecule has 7 nitrogen and oxygen atoms in total. The molecule has 1 saturated carbocycles. The Labute approximate surface area is 250 Å².